The van der Waals surface area contributed by atoms with Gasteiger partial charge >= 0.3 is 0 Å². The van der Waals surface area contributed by atoms with Gasteiger partial charge in [0.2, 0.25) is 0 Å². The van der Waals surface area contributed by atoms with Gasteiger partial charge in [0, 0.05) is 12.1 Å². The van der Waals surface area contributed by atoms with Crippen LogP contribution in [0.3, 0.4) is 0 Å². The van der Waals surface area contributed by atoms with Gasteiger partial charge in [0.25, 0.3) is 0 Å². The van der Waals surface area contributed by atoms with E-state index in [1.54, 1.807) is 0 Å². The summed E-state index contributed by atoms with van der Waals surface area (Å²) in [7, 11) is 0. The van der Waals surface area contributed by atoms with Crippen molar-refractivity contribution in [3.8, 4) is 0 Å². The second-order valence-electron chi connectivity index (χ2n) is 3.13. The van der Waals surface area contributed by atoms with E-state index < -0.39 is 0 Å². The second kappa shape index (κ2) is 3.62. The van der Waals surface area contributed by atoms with E-state index in [1.807, 2.05) is 0 Å². The van der Waals surface area contributed by atoms with Gasteiger partial charge in [-0.15, -0.1) is 0 Å². The van der Waals surface area contributed by atoms with Gasteiger partial charge in [-0.05, 0) is 18.1 Å². The highest BCUT2D eigenvalue weighted by Crippen LogP contribution is 2.18. The highest BCUT2D eigenvalue weighted by molar-refractivity contribution is 5.67. The number of hydrogen-bond acceptors (Lipinski definition) is 2. The summed E-state index contributed by atoms with van der Waals surface area (Å²) in [5, 5.41) is 0. The molecule has 0 bridgehead atoms. The summed E-state index contributed by atoms with van der Waals surface area (Å²) in [4.78, 5) is 0. The molecule has 1 heterocycles. The third-order valence-corrected chi connectivity index (χ3v) is 2.32. The number of rotatable bonds is 2. The van der Waals surface area contributed by atoms with Crippen LogP contribution in [0.25, 0.3) is 5.70 Å². The third-order valence-electron chi connectivity index (χ3n) is 2.32. The standard InChI is InChI=1S/C11H14N2/c1-2-9-5-3-4-6-10(9)11-7-8-12-13-11/h3-7,12-13H,2,8H2,1H3. The summed E-state index contributed by atoms with van der Waals surface area (Å²) in [5.41, 5.74) is 10.2. The van der Waals surface area contributed by atoms with Gasteiger partial charge in [0.05, 0.1) is 5.70 Å². The van der Waals surface area contributed by atoms with Crippen molar-refractivity contribution in [1.29, 1.82) is 0 Å². The molecule has 0 saturated heterocycles. The number of hydrogen-bond donors (Lipinski definition) is 2. The Morgan fingerprint density at radius 1 is 1.31 bits per heavy atom. The van der Waals surface area contributed by atoms with E-state index in [2.05, 4.69) is 48.1 Å². The maximum Gasteiger partial charge on any atom is 0.0536 e. The molecule has 2 rings (SSSR count). The highest BCUT2D eigenvalue weighted by Gasteiger charge is 2.08. The molecule has 68 valence electrons. The smallest absolute Gasteiger partial charge is 0.0536 e. The Kier molecular flexibility index (Phi) is 2.32. The molecule has 2 N–H and O–H groups in total. The molecule has 1 aliphatic heterocycles. The summed E-state index contributed by atoms with van der Waals surface area (Å²) >= 11 is 0. The van der Waals surface area contributed by atoms with Crippen molar-refractivity contribution in [2.75, 3.05) is 6.54 Å². The van der Waals surface area contributed by atoms with Crippen LogP contribution in [-0.2, 0) is 6.42 Å². The molecule has 0 unspecified atom stereocenters. The summed E-state index contributed by atoms with van der Waals surface area (Å²) in [5.74, 6) is 0. The molecule has 0 spiro atoms. The zero-order chi connectivity index (χ0) is 9.10. The molecule has 0 aromatic heterocycles. The molecule has 1 aromatic rings. The fourth-order valence-corrected chi connectivity index (χ4v) is 1.62. The van der Waals surface area contributed by atoms with E-state index in [-0.39, 0.29) is 0 Å². The Balaban J connectivity index is 2.38. The molecule has 1 aromatic carbocycles. The van der Waals surface area contributed by atoms with Crippen LogP contribution in [0.15, 0.2) is 30.3 Å². The van der Waals surface area contributed by atoms with Gasteiger partial charge in [-0.25, -0.2) is 5.43 Å². The lowest BCUT2D eigenvalue weighted by Crippen LogP contribution is -2.23. The number of hydrazine groups is 1. The average Bonchev–Trinajstić information content (AvgIpc) is 2.70. The Morgan fingerprint density at radius 2 is 2.15 bits per heavy atom. The lowest BCUT2D eigenvalue weighted by molar-refractivity contribution is 0.738. The first-order valence-electron chi connectivity index (χ1n) is 4.69. The molecule has 0 amide bonds. The molecule has 0 saturated carbocycles. The summed E-state index contributed by atoms with van der Waals surface area (Å²) in [6, 6.07) is 8.50. The molecule has 13 heavy (non-hydrogen) atoms. The van der Waals surface area contributed by atoms with Crippen LogP contribution in [0, 0.1) is 0 Å². The van der Waals surface area contributed by atoms with Crippen LogP contribution in [-0.4, -0.2) is 6.54 Å². The zero-order valence-corrected chi connectivity index (χ0v) is 7.80. The lowest BCUT2D eigenvalue weighted by Gasteiger charge is -2.08. The summed E-state index contributed by atoms with van der Waals surface area (Å²) in [6.07, 6.45) is 3.25. The minimum absolute atomic E-state index is 0.910. The van der Waals surface area contributed by atoms with Gasteiger partial charge in [0.15, 0.2) is 0 Å². The van der Waals surface area contributed by atoms with Crippen molar-refractivity contribution in [2.24, 2.45) is 0 Å². The Labute approximate surface area is 78.6 Å². The van der Waals surface area contributed by atoms with E-state index >= 15 is 0 Å². The van der Waals surface area contributed by atoms with Gasteiger partial charge in [-0.3, -0.25) is 0 Å². The van der Waals surface area contributed by atoms with Crippen molar-refractivity contribution in [2.45, 2.75) is 13.3 Å². The monoisotopic (exact) mass is 174 g/mol. The molecule has 2 nitrogen and oxygen atoms in total. The van der Waals surface area contributed by atoms with Gasteiger partial charge < -0.3 is 5.43 Å². The highest BCUT2D eigenvalue weighted by atomic mass is 15.4. The predicted octanol–water partition coefficient (Wildman–Crippen LogP) is 1.70. The minimum atomic E-state index is 0.910. The van der Waals surface area contributed by atoms with Gasteiger partial charge in [-0.2, -0.15) is 0 Å². The Hall–Kier alpha value is -1.28. The SMILES string of the molecule is CCc1ccccc1C1=CCNN1. The topological polar surface area (TPSA) is 24.1 Å². The first kappa shape index (κ1) is 8.32. The van der Waals surface area contributed by atoms with E-state index in [0.717, 1.165) is 13.0 Å². The van der Waals surface area contributed by atoms with E-state index in [0.29, 0.717) is 0 Å². The second-order valence-corrected chi connectivity index (χ2v) is 3.13. The Morgan fingerprint density at radius 3 is 2.85 bits per heavy atom. The first-order valence-corrected chi connectivity index (χ1v) is 4.69. The fourth-order valence-electron chi connectivity index (χ4n) is 1.62. The predicted molar refractivity (Wildman–Crippen MR) is 54.9 cm³/mol. The van der Waals surface area contributed by atoms with E-state index in [9.17, 15) is 0 Å². The minimum Gasteiger partial charge on any atom is -0.321 e. The Bertz CT molecular complexity index is 329. The maximum absolute atomic E-state index is 3.16. The average molecular weight is 174 g/mol. The van der Waals surface area contributed by atoms with Crippen LogP contribution >= 0.6 is 0 Å². The number of aryl methyl sites for hydroxylation is 1. The van der Waals surface area contributed by atoms with E-state index in [1.165, 1.54) is 16.8 Å². The molecule has 0 fully saturated rings. The van der Waals surface area contributed by atoms with Crippen molar-refractivity contribution in [3.63, 3.8) is 0 Å². The number of benzene rings is 1. The van der Waals surface area contributed by atoms with Crippen molar-refractivity contribution in [1.82, 2.24) is 10.9 Å². The quantitative estimate of drug-likeness (QED) is 0.713. The molecular weight excluding hydrogens is 160 g/mol. The molecule has 0 aliphatic carbocycles. The largest absolute Gasteiger partial charge is 0.321 e. The van der Waals surface area contributed by atoms with Crippen LogP contribution < -0.4 is 10.9 Å². The zero-order valence-electron chi connectivity index (χ0n) is 7.80. The normalized spacial score (nSPS) is 15.3. The molecule has 2 heteroatoms. The third kappa shape index (κ3) is 1.58. The first-order chi connectivity index (χ1) is 6.42. The van der Waals surface area contributed by atoms with Crippen LogP contribution in [0.4, 0.5) is 0 Å². The molecule has 0 atom stereocenters. The number of nitrogens with one attached hydrogen (secondary N) is 2. The van der Waals surface area contributed by atoms with Gasteiger partial charge in [-0.1, -0.05) is 31.2 Å². The molecule has 0 radical (unpaired) electrons. The summed E-state index contributed by atoms with van der Waals surface area (Å²) in [6.45, 7) is 3.09. The van der Waals surface area contributed by atoms with Crippen molar-refractivity contribution < 1.29 is 0 Å². The van der Waals surface area contributed by atoms with Crippen LogP contribution in [0.2, 0.25) is 0 Å². The van der Waals surface area contributed by atoms with Crippen molar-refractivity contribution in [3.05, 3.63) is 41.5 Å². The fraction of sp³-hybridized carbons (Fsp3) is 0.273. The van der Waals surface area contributed by atoms with E-state index in [4.69, 9.17) is 0 Å². The van der Waals surface area contributed by atoms with Crippen molar-refractivity contribution >= 4 is 5.70 Å². The molecule has 1 aliphatic rings. The molecular formula is C11H14N2. The summed E-state index contributed by atoms with van der Waals surface area (Å²) < 4.78 is 0. The lowest BCUT2D eigenvalue weighted by atomic mass is 10.0. The van der Waals surface area contributed by atoms with Crippen LogP contribution in [0.5, 0.6) is 0 Å². The van der Waals surface area contributed by atoms with Crippen LogP contribution in [0.1, 0.15) is 18.1 Å². The maximum atomic E-state index is 3.16. The van der Waals surface area contributed by atoms with Gasteiger partial charge in [0.1, 0.15) is 0 Å².